The van der Waals surface area contributed by atoms with Gasteiger partial charge in [0.2, 0.25) is 0 Å². The number of carboxylic acid groups (broad SMARTS) is 1. The number of hydrogen-bond acceptors (Lipinski definition) is 2. The van der Waals surface area contributed by atoms with Gasteiger partial charge < -0.3 is 5.11 Å². The monoisotopic (exact) mass is 220 g/mol. The van der Waals surface area contributed by atoms with Gasteiger partial charge in [-0.25, -0.2) is 9.18 Å². The van der Waals surface area contributed by atoms with Gasteiger partial charge in [0.25, 0.3) is 0 Å². The normalized spacial score (nSPS) is 10.4. The largest absolute Gasteiger partial charge is 0.477 e. The fourth-order valence-corrected chi connectivity index (χ4v) is 1.49. The van der Waals surface area contributed by atoms with Crippen molar-refractivity contribution in [3.63, 3.8) is 0 Å². The van der Waals surface area contributed by atoms with Gasteiger partial charge in [0.1, 0.15) is 11.5 Å². The highest BCUT2D eigenvalue weighted by molar-refractivity contribution is 5.89. The number of aromatic carboxylic acids is 1. The molecule has 2 rings (SSSR count). The second kappa shape index (κ2) is 3.77. The molecular weight excluding hydrogens is 211 g/mol. The number of nitrogens with zero attached hydrogens (tertiary/aromatic N) is 1. The summed E-state index contributed by atoms with van der Waals surface area (Å²) in [5.41, 5.74) is 1.80. The van der Waals surface area contributed by atoms with Crippen LogP contribution < -0.4 is 0 Å². The van der Waals surface area contributed by atoms with Crippen LogP contribution >= 0.6 is 0 Å². The maximum Gasteiger partial charge on any atom is 0.354 e. The Bertz CT molecular complexity index is 531. The minimum Gasteiger partial charge on any atom is -0.477 e. The van der Waals surface area contributed by atoms with Gasteiger partial charge >= 0.3 is 5.97 Å². The van der Waals surface area contributed by atoms with Gasteiger partial charge in [-0.3, -0.25) is 5.10 Å². The quantitative estimate of drug-likeness (QED) is 0.815. The third kappa shape index (κ3) is 1.67. The van der Waals surface area contributed by atoms with E-state index in [1.165, 1.54) is 12.1 Å². The highest BCUT2D eigenvalue weighted by Crippen LogP contribution is 2.23. The molecule has 1 aromatic heterocycles. The van der Waals surface area contributed by atoms with Crippen molar-refractivity contribution in [2.45, 2.75) is 6.92 Å². The smallest absolute Gasteiger partial charge is 0.354 e. The van der Waals surface area contributed by atoms with E-state index in [4.69, 9.17) is 5.11 Å². The van der Waals surface area contributed by atoms with Crippen LogP contribution in [0.1, 0.15) is 16.1 Å². The van der Waals surface area contributed by atoms with Gasteiger partial charge in [0.05, 0.1) is 5.69 Å². The van der Waals surface area contributed by atoms with Crippen LogP contribution in [0.2, 0.25) is 0 Å². The molecule has 0 amide bonds. The van der Waals surface area contributed by atoms with Crippen molar-refractivity contribution in [3.05, 3.63) is 41.3 Å². The summed E-state index contributed by atoms with van der Waals surface area (Å²) in [6.45, 7) is 1.66. The Hall–Kier alpha value is -2.17. The molecule has 82 valence electrons. The van der Waals surface area contributed by atoms with Crippen LogP contribution in [0.4, 0.5) is 4.39 Å². The molecule has 1 heterocycles. The molecule has 2 N–H and O–H groups in total. The molecule has 0 atom stereocenters. The summed E-state index contributed by atoms with van der Waals surface area (Å²) in [4.78, 5) is 10.8. The van der Waals surface area contributed by atoms with Crippen molar-refractivity contribution in [3.8, 4) is 11.3 Å². The predicted molar refractivity (Wildman–Crippen MR) is 55.7 cm³/mol. The Morgan fingerprint density at radius 2 is 2.00 bits per heavy atom. The molecule has 0 unspecified atom stereocenters. The zero-order chi connectivity index (χ0) is 11.7. The number of benzene rings is 1. The van der Waals surface area contributed by atoms with Gasteiger partial charge in [0, 0.05) is 11.1 Å². The Balaban J connectivity index is 2.49. The average Bonchev–Trinajstić information content (AvgIpc) is 2.61. The molecule has 0 aliphatic heterocycles. The van der Waals surface area contributed by atoms with Crippen molar-refractivity contribution < 1.29 is 14.3 Å². The van der Waals surface area contributed by atoms with Crippen LogP contribution in [-0.2, 0) is 0 Å². The topological polar surface area (TPSA) is 66.0 Å². The van der Waals surface area contributed by atoms with Gasteiger partial charge in [0.15, 0.2) is 0 Å². The Morgan fingerprint density at radius 3 is 2.50 bits per heavy atom. The Kier molecular flexibility index (Phi) is 2.44. The van der Waals surface area contributed by atoms with E-state index in [9.17, 15) is 9.18 Å². The lowest BCUT2D eigenvalue weighted by Crippen LogP contribution is -1.98. The number of carboxylic acids is 1. The van der Waals surface area contributed by atoms with E-state index in [1.807, 2.05) is 0 Å². The van der Waals surface area contributed by atoms with Crippen molar-refractivity contribution in [2.24, 2.45) is 0 Å². The first-order valence-electron chi connectivity index (χ1n) is 4.64. The molecule has 0 saturated carbocycles. The number of aromatic amines is 1. The highest BCUT2D eigenvalue weighted by Gasteiger charge is 2.15. The molecule has 5 heteroatoms. The molecule has 4 nitrogen and oxygen atoms in total. The molecule has 0 bridgehead atoms. The SMILES string of the molecule is Cc1c(-c2ccc(F)cc2)n[nH]c1C(=O)O. The van der Waals surface area contributed by atoms with Crippen molar-refractivity contribution >= 4 is 5.97 Å². The molecule has 16 heavy (non-hydrogen) atoms. The number of nitrogens with one attached hydrogen (secondary N) is 1. The molecule has 0 fully saturated rings. The summed E-state index contributed by atoms with van der Waals surface area (Å²) in [6, 6.07) is 5.74. The first kappa shape index (κ1) is 10.4. The second-order valence-electron chi connectivity index (χ2n) is 3.38. The van der Waals surface area contributed by atoms with E-state index in [-0.39, 0.29) is 11.5 Å². The van der Waals surface area contributed by atoms with E-state index in [0.717, 1.165) is 0 Å². The highest BCUT2D eigenvalue weighted by atomic mass is 19.1. The lowest BCUT2D eigenvalue weighted by Gasteiger charge is -1.98. The van der Waals surface area contributed by atoms with E-state index >= 15 is 0 Å². The van der Waals surface area contributed by atoms with Crippen LogP contribution in [-0.4, -0.2) is 21.3 Å². The minimum atomic E-state index is -1.06. The van der Waals surface area contributed by atoms with Crippen LogP contribution in [0.15, 0.2) is 24.3 Å². The van der Waals surface area contributed by atoms with Crippen molar-refractivity contribution in [1.29, 1.82) is 0 Å². The lowest BCUT2D eigenvalue weighted by atomic mass is 10.1. The van der Waals surface area contributed by atoms with E-state index in [0.29, 0.717) is 16.8 Å². The number of aromatic nitrogens is 2. The third-order valence-electron chi connectivity index (χ3n) is 2.34. The summed E-state index contributed by atoms with van der Waals surface area (Å²) >= 11 is 0. The van der Waals surface area contributed by atoms with Crippen molar-refractivity contribution in [1.82, 2.24) is 10.2 Å². The van der Waals surface area contributed by atoms with Crippen LogP contribution in [0.3, 0.4) is 0 Å². The first-order valence-corrected chi connectivity index (χ1v) is 4.64. The molecule has 1 aromatic carbocycles. The summed E-state index contributed by atoms with van der Waals surface area (Å²) in [6.07, 6.45) is 0. The lowest BCUT2D eigenvalue weighted by molar-refractivity contribution is 0.0689. The van der Waals surface area contributed by atoms with E-state index in [1.54, 1.807) is 19.1 Å². The fraction of sp³-hybridized carbons (Fsp3) is 0.0909. The van der Waals surface area contributed by atoms with E-state index < -0.39 is 5.97 Å². The number of hydrogen-bond donors (Lipinski definition) is 2. The molecule has 0 spiro atoms. The number of H-pyrrole nitrogens is 1. The molecule has 0 saturated heterocycles. The maximum absolute atomic E-state index is 12.7. The van der Waals surface area contributed by atoms with Gasteiger partial charge in [-0.15, -0.1) is 0 Å². The maximum atomic E-state index is 12.7. The molecule has 0 aliphatic carbocycles. The summed E-state index contributed by atoms with van der Waals surface area (Å²) < 4.78 is 12.7. The Labute approximate surface area is 90.7 Å². The van der Waals surface area contributed by atoms with Crippen LogP contribution in [0, 0.1) is 12.7 Å². The number of halogens is 1. The number of carbonyl (C=O) groups is 1. The third-order valence-corrected chi connectivity index (χ3v) is 2.34. The standard InChI is InChI=1S/C11H9FN2O2/c1-6-9(13-14-10(6)11(15)16)7-2-4-8(12)5-3-7/h2-5H,1H3,(H,13,14)(H,15,16). The van der Waals surface area contributed by atoms with Gasteiger partial charge in [-0.1, -0.05) is 0 Å². The van der Waals surface area contributed by atoms with Crippen molar-refractivity contribution in [2.75, 3.05) is 0 Å². The zero-order valence-electron chi connectivity index (χ0n) is 8.49. The molecule has 2 aromatic rings. The molecule has 0 aliphatic rings. The molecule has 0 radical (unpaired) electrons. The zero-order valence-corrected chi connectivity index (χ0v) is 8.49. The summed E-state index contributed by atoms with van der Waals surface area (Å²) in [7, 11) is 0. The van der Waals surface area contributed by atoms with Crippen LogP contribution in [0.25, 0.3) is 11.3 Å². The Morgan fingerprint density at radius 1 is 1.38 bits per heavy atom. The second-order valence-corrected chi connectivity index (χ2v) is 3.38. The van der Waals surface area contributed by atoms with Gasteiger partial charge in [-0.2, -0.15) is 5.10 Å². The van der Waals surface area contributed by atoms with Crippen LogP contribution in [0.5, 0.6) is 0 Å². The molecular formula is C11H9FN2O2. The van der Waals surface area contributed by atoms with Gasteiger partial charge in [-0.05, 0) is 31.2 Å². The fourth-order valence-electron chi connectivity index (χ4n) is 1.49. The summed E-state index contributed by atoms with van der Waals surface area (Å²) in [5.74, 6) is -1.39. The predicted octanol–water partition coefficient (Wildman–Crippen LogP) is 2.22. The average molecular weight is 220 g/mol. The van der Waals surface area contributed by atoms with E-state index in [2.05, 4.69) is 10.2 Å². The summed E-state index contributed by atoms with van der Waals surface area (Å²) in [5, 5.41) is 15.2. The first-order chi connectivity index (χ1) is 7.59. The number of rotatable bonds is 2. The minimum absolute atomic E-state index is 0.0549.